The molecule has 0 spiro atoms. The Hall–Kier alpha value is -1.59. The molecule has 0 fully saturated rings. The first-order valence-corrected chi connectivity index (χ1v) is 5.11. The molecule has 2 aromatic rings. The minimum atomic E-state index is -0.287. The summed E-state index contributed by atoms with van der Waals surface area (Å²) in [5.74, 6) is 0.274. The third-order valence-electron chi connectivity index (χ3n) is 1.92. The number of nitrogen functional groups attached to an aromatic ring is 1. The summed E-state index contributed by atoms with van der Waals surface area (Å²) in [7, 11) is 0. The summed E-state index contributed by atoms with van der Waals surface area (Å²) >= 11 is 11.6. The lowest BCUT2D eigenvalue weighted by molar-refractivity contribution is 0.801. The Morgan fingerprint density at radius 1 is 1.25 bits per heavy atom. The highest BCUT2D eigenvalue weighted by Crippen LogP contribution is 2.25. The molecule has 0 aliphatic carbocycles. The number of aromatic nitrogens is 2. The maximum atomic E-state index is 11.0. The van der Waals surface area contributed by atoms with Crippen LogP contribution in [0.3, 0.4) is 0 Å². The van der Waals surface area contributed by atoms with Crippen LogP contribution in [0.25, 0.3) is 0 Å². The van der Waals surface area contributed by atoms with E-state index in [1.807, 2.05) is 0 Å². The molecule has 84 valence electrons. The van der Waals surface area contributed by atoms with E-state index in [-0.39, 0.29) is 11.4 Å². The summed E-state index contributed by atoms with van der Waals surface area (Å²) < 4.78 is 0. The highest BCUT2D eigenvalue weighted by molar-refractivity contribution is 6.42. The molecule has 0 saturated carbocycles. The number of rotatable bonds is 2. The smallest absolute Gasteiger partial charge is 0.267 e. The van der Waals surface area contributed by atoms with Crippen molar-refractivity contribution in [1.29, 1.82) is 0 Å². The number of aromatic amines is 1. The van der Waals surface area contributed by atoms with Gasteiger partial charge in [-0.1, -0.05) is 23.2 Å². The van der Waals surface area contributed by atoms with Gasteiger partial charge in [-0.3, -0.25) is 10.2 Å². The predicted molar refractivity (Wildman–Crippen MR) is 64.9 cm³/mol. The molecule has 2 rings (SSSR count). The van der Waals surface area contributed by atoms with Crippen LogP contribution in [0.15, 0.2) is 29.1 Å². The van der Waals surface area contributed by atoms with Crippen LogP contribution in [0.5, 0.6) is 0 Å². The second-order valence-electron chi connectivity index (χ2n) is 3.12. The van der Waals surface area contributed by atoms with Crippen LogP contribution in [0.2, 0.25) is 10.0 Å². The molecule has 0 aliphatic heterocycles. The molecule has 16 heavy (non-hydrogen) atoms. The highest BCUT2D eigenvalue weighted by atomic mass is 35.5. The maximum Gasteiger partial charge on any atom is 0.267 e. The number of anilines is 2. The summed E-state index contributed by atoms with van der Waals surface area (Å²) in [5.41, 5.74) is 8.79. The molecule has 0 atom stereocenters. The van der Waals surface area contributed by atoms with E-state index in [1.165, 1.54) is 10.9 Å². The van der Waals surface area contributed by atoms with Crippen LogP contribution in [0.1, 0.15) is 0 Å². The van der Waals surface area contributed by atoms with Gasteiger partial charge in [0.15, 0.2) is 0 Å². The Morgan fingerprint density at radius 2 is 2.00 bits per heavy atom. The average molecular weight is 259 g/mol. The molecular formula is C9H8Cl2N4O. The van der Waals surface area contributed by atoms with Gasteiger partial charge >= 0.3 is 0 Å². The minimum Gasteiger partial charge on any atom is -0.382 e. The number of benzene rings is 1. The molecule has 5 nitrogen and oxygen atoms in total. The SMILES string of the molecule is Nc1cc(=O)[nH]n1Nc1ccc(Cl)c(Cl)c1. The van der Waals surface area contributed by atoms with Gasteiger partial charge in [0.1, 0.15) is 5.82 Å². The van der Waals surface area contributed by atoms with Gasteiger partial charge in [0.2, 0.25) is 0 Å². The van der Waals surface area contributed by atoms with Crippen LogP contribution < -0.4 is 16.7 Å². The van der Waals surface area contributed by atoms with E-state index in [0.29, 0.717) is 15.7 Å². The van der Waals surface area contributed by atoms with Crippen molar-refractivity contribution in [2.75, 3.05) is 11.2 Å². The van der Waals surface area contributed by atoms with Gasteiger partial charge in [-0.05, 0) is 18.2 Å². The number of nitrogens with two attached hydrogens (primary N) is 1. The zero-order valence-electron chi connectivity index (χ0n) is 8.00. The number of hydrogen-bond donors (Lipinski definition) is 3. The number of hydrogen-bond acceptors (Lipinski definition) is 3. The van der Waals surface area contributed by atoms with Crippen molar-refractivity contribution >= 4 is 34.7 Å². The Morgan fingerprint density at radius 3 is 2.56 bits per heavy atom. The quantitative estimate of drug-likeness (QED) is 0.771. The largest absolute Gasteiger partial charge is 0.382 e. The Bertz CT molecular complexity index is 575. The lowest BCUT2D eigenvalue weighted by atomic mass is 10.3. The number of nitrogens with zero attached hydrogens (tertiary/aromatic N) is 1. The molecule has 0 saturated heterocycles. The molecule has 1 heterocycles. The van der Waals surface area contributed by atoms with Gasteiger partial charge in [0.05, 0.1) is 15.7 Å². The molecule has 0 radical (unpaired) electrons. The standard InChI is InChI=1S/C9H8Cl2N4O/c10-6-2-1-5(3-7(6)11)13-15-8(12)4-9(16)14-15/h1-4,13H,12H2,(H,14,16). The van der Waals surface area contributed by atoms with Crippen molar-refractivity contribution in [3.05, 3.63) is 44.7 Å². The van der Waals surface area contributed by atoms with Crippen molar-refractivity contribution in [2.45, 2.75) is 0 Å². The van der Waals surface area contributed by atoms with Crippen LogP contribution >= 0.6 is 23.2 Å². The summed E-state index contributed by atoms with van der Waals surface area (Å²) in [6.07, 6.45) is 0. The van der Waals surface area contributed by atoms with E-state index < -0.39 is 0 Å². The fourth-order valence-corrected chi connectivity index (χ4v) is 1.49. The first-order valence-electron chi connectivity index (χ1n) is 4.36. The van der Waals surface area contributed by atoms with Crippen LogP contribution in [0, 0.1) is 0 Å². The highest BCUT2D eigenvalue weighted by Gasteiger charge is 2.02. The zero-order valence-corrected chi connectivity index (χ0v) is 9.51. The zero-order chi connectivity index (χ0) is 11.7. The minimum absolute atomic E-state index is 0.274. The first kappa shape index (κ1) is 10.9. The fourth-order valence-electron chi connectivity index (χ4n) is 1.19. The molecule has 7 heteroatoms. The Balaban J connectivity index is 2.30. The van der Waals surface area contributed by atoms with Crippen LogP contribution in [0.4, 0.5) is 11.5 Å². The second-order valence-corrected chi connectivity index (χ2v) is 3.94. The normalized spacial score (nSPS) is 10.4. The molecule has 0 bridgehead atoms. The topological polar surface area (TPSA) is 75.8 Å². The molecule has 4 N–H and O–H groups in total. The van der Waals surface area contributed by atoms with Crippen molar-refractivity contribution < 1.29 is 0 Å². The number of nitrogens with one attached hydrogen (secondary N) is 2. The number of H-pyrrole nitrogens is 1. The van der Waals surface area contributed by atoms with E-state index in [4.69, 9.17) is 28.9 Å². The van der Waals surface area contributed by atoms with Gasteiger partial charge in [-0.15, -0.1) is 0 Å². The fraction of sp³-hybridized carbons (Fsp3) is 0. The summed E-state index contributed by atoms with van der Waals surface area (Å²) in [6.45, 7) is 0. The molecule has 1 aromatic heterocycles. The van der Waals surface area contributed by atoms with Gasteiger partial charge in [-0.2, -0.15) is 4.79 Å². The number of halogens is 2. The summed E-state index contributed by atoms with van der Waals surface area (Å²) in [5, 5.41) is 3.35. The van der Waals surface area contributed by atoms with Crippen molar-refractivity contribution in [1.82, 2.24) is 9.89 Å². The van der Waals surface area contributed by atoms with Gasteiger partial charge < -0.3 is 5.73 Å². The van der Waals surface area contributed by atoms with Gasteiger partial charge in [-0.25, -0.2) is 5.10 Å². The lowest BCUT2D eigenvalue weighted by Gasteiger charge is -2.09. The van der Waals surface area contributed by atoms with Crippen LogP contribution in [-0.4, -0.2) is 9.89 Å². The van der Waals surface area contributed by atoms with Crippen molar-refractivity contribution in [3.63, 3.8) is 0 Å². The van der Waals surface area contributed by atoms with Gasteiger partial charge in [0, 0.05) is 6.07 Å². The third kappa shape index (κ3) is 2.15. The Labute approximate surface area is 101 Å². The third-order valence-corrected chi connectivity index (χ3v) is 2.66. The van der Waals surface area contributed by atoms with E-state index in [9.17, 15) is 4.79 Å². The molecular weight excluding hydrogens is 251 g/mol. The van der Waals surface area contributed by atoms with E-state index in [1.54, 1.807) is 18.2 Å². The second kappa shape index (κ2) is 4.11. The van der Waals surface area contributed by atoms with E-state index in [2.05, 4.69) is 10.5 Å². The van der Waals surface area contributed by atoms with Gasteiger partial charge in [0.25, 0.3) is 5.56 Å². The predicted octanol–water partition coefficient (Wildman–Crippen LogP) is 1.94. The Kier molecular flexibility index (Phi) is 2.80. The molecule has 0 aliphatic rings. The molecule has 0 unspecified atom stereocenters. The molecule has 1 aromatic carbocycles. The summed E-state index contributed by atoms with van der Waals surface area (Å²) in [4.78, 5) is 12.3. The van der Waals surface area contributed by atoms with Crippen LogP contribution in [-0.2, 0) is 0 Å². The monoisotopic (exact) mass is 258 g/mol. The van der Waals surface area contributed by atoms with E-state index >= 15 is 0 Å². The average Bonchev–Trinajstić information content (AvgIpc) is 2.51. The van der Waals surface area contributed by atoms with E-state index in [0.717, 1.165) is 0 Å². The molecule has 0 amide bonds. The summed E-state index contributed by atoms with van der Waals surface area (Å²) in [6, 6.07) is 6.25. The first-order chi connectivity index (χ1) is 7.56. The maximum absolute atomic E-state index is 11.0. The lowest BCUT2D eigenvalue weighted by Crippen LogP contribution is -2.15. The van der Waals surface area contributed by atoms with Crippen molar-refractivity contribution in [2.24, 2.45) is 0 Å². The van der Waals surface area contributed by atoms with Crippen molar-refractivity contribution in [3.8, 4) is 0 Å².